The molecule has 2 aliphatic rings. The van der Waals surface area contributed by atoms with Crippen LogP contribution in [-0.4, -0.2) is 48.9 Å². The summed E-state index contributed by atoms with van der Waals surface area (Å²) in [4.78, 5) is 17.3. The van der Waals surface area contributed by atoms with Crippen LogP contribution in [0, 0.1) is 5.92 Å². The number of carbonyl (C=O) groups excluding carboxylic acids is 1. The van der Waals surface area contributed by atoms with Gasteiger partial charge in [0.25, 0.3) is 0 Å². The van der Waals surface area contributed by atoms with Crippen LogP contribution >= 0.6 is 0 Å². The van der Waals surface area contributed by atoms with Crippen molar-refractivity contribution in [1.29, 1.82) is 0 Å². The third-order valence-corrected chi connectivity index (χ3v) is 5.36. The van der Waals surface area contributed by atoms with E-state index in [2.05, 4.69) is 59.3 Å². The monoisotopic (exact) mass is 308 g/mol. The summed E-state index contributed by atoms with van der Waals surface area (Å²) >= 11 is 0. The molecule has 1 amide bonds. The summed E-state index contributed by atoms with van der Waals surface area (Å²) in [5.41, 5.74) is 1.35. The zero-order valence-corrected chi connectivity index (χ0v) is 13.7. The Morgan fingerprint density at radius 3 is 2.74 bits per heavy atom. The molecule has 0 radical (unpaired) electrons. The molecule has 1 heterocycles. The van der Waals surface area contributed by atoms with Gasteiger partial charge in [0.1, 0.15) is 0 Å². The summed E-state index contributed by atoms with van der Waals surface area (Å²) in [7, 11) is 2.14. The highest BCUT2D eigenvalue weighted by Gasteiger charge is 2.46. The first-order valence-electron chi connectivity index (χ1n) is 8.69. The van der Waals surface area contributed by atoms with Gasteiger partial charge >= 0.3 is 0 Å². The van der Waals surface area contributed by atoms with Gasteiger partial charge < -0.3 is 9.80 Å². The van der Waals surface area contributed by atoms with Gasteiger partial charge in [0.05, 0.1) is 0 Å². The lowest BCUT2D eigenvalue weighted by Gasteiger charge is -2.20. The van der Waals surface area contributed by atoms with E-state index in [0.717, 1.165) is 39.0 Å². The summed E-state index contributed by atoms with van der Waals surface area (Å²) < 4.78 is 0. The highest BCUT2D eigenvalue weighted by Crippen LogP contribution is 2.50. The van der Waals surface area contributed by atoms with Crippen LogP contribution < -0.4 is 0 Å². The molecule has 3 heteroatoms. The standard InChI is InChI=1S/C20H24N2O/c1-21-10-5-11-22(13-12-21)20(23)19-14-18(19)17-9-4-7-15-6-2-3-8-16(15)17/h2-4,6-9,18-19H,5,10-14H2,1H3/t18-,19+/m0/s1. The Hall–Kier alpha value is -1.87. The Kier molecular flexibility index (Phi) is 3.82. The molecule has 2 aromatic carbocycles. The fourth-order valence-electron chi connectivity index (χ4n) is 3.89. The van der Waals surface area contributed by atoms with Crippen LogP contribution in [0.3, 0.4) is 0 Å². The van der Waals surface area contributed by atoms with E-state index in [9.17, 15) is 4.79 Å². The number of carbonyl (C=O) groups is 1. The molecule has 1 saturated carbocycles. The first kappa shape index (κ1) is 14.7. The van der Waals surface area contributed by atoms with E-state index in [1.165, 1.54) is 16.3 Å². The fraction of sp³-hybridized carbons (Fsp3) is 0.450. The van der Waals surface area contributed by atoms with Gasteiger partial charge in [-0.05, 0) is 48.7 Å². The molecule has 4 rings (SSSR count). The van der Waals surface area contributed by atoms with Crippen LogP contribution in [0.1, 0.15) is 24.3 Å². The van der Waals surface area contributed by atoms with Crippen molar-refractivity contribution >= 4 is 16.7 Å². The maximum Gasteiger partial charge on any atom is 0.226 e. The van der Waals surface area contributed by atoms with Crippen molar-refractivity contribution in [2.75, 3.05) is 33.2 Å². The van der Waals surface area contributed by atoms with Crippen LogP contribution in [-0.2, 0) is 4.79 Å². The summed E-state index contributed by atoms with van der Waals surface area (Å²) in [5.74, 6) is 0.983. The third kappa shape index (κ3) is 2.86. The summed E-state index contributed by atoms with van der Waals surface area (Å²) in [6.07, 6.45) is 2.10. The number of benzene rings is 2. The maximum atomic E-state index is 12.8. The summed E-state index contributed by atoms with van der Waals surface area (Å²) in [5, 5.41) is 2.59. The van der Waals surface area contributed by atoms with Crippen LogP contribution in [0.4, 0.5) is 0 Å². The van der Waals surface area contributed by atoms with Crippen LogP contribution in [0.2, 0.25) is 0 Å². The molecular weight excluding hydrogens is 284 g/mol. The first-order chi connectivity index (χ1) is 11.2. The fourth-order valence-corrected chi connectivity index (χ4v) is 3.89. The smallest absolute Gasteiger partial charge is 0.226 e. The number of hydrogen-bond donors (Lipinski definition) is 0. The van der Waals surface area contributed by atoms with Gasteiger partial charge in [0, 0.05) is 25.6 Å². The Bertz CT molecular complexity index is 721. The topological polar surface area (TPSA) is 23.6 Å². The van der Waals surface area contributed by atoms with E-state index < -0.39 is 0 Å². The van der Waals surface area contributed by atoms with Gasteiger partial charge in [-0.3, -0.25) is 4.79 Å². The van der Waals surface area contributed by atoms with E-state index in [0.29, 0.717) is 11.8 Å². The highest BCUT2D eigenvalue weighted by molar-refractivity contribution is 5.89. The van der Waals surface area contributed by atoms with Crippen molar-refractivity contribution in [3.05, 3.63) is 48.0 Å². The molecule has 0 spiro atoms. The van der Waals surface area contributed by atoms with Gasteiger partial charge in [-0.25, -0.2) is 0 Å². The van der Waals surface area contributed by atoms with Crippen molar-refractivity contribution in [2.24, 2.45) is 5.92 Å². The van der Waals surface area contributed by atoms with Crippen molar-refractivity contribution in [3.63, 3.8) is 0 Å². The normalized spacial score (nSPS) is 25.3. The van der Waals surface area contributed by atoms with E-state index in [4.69, 9.17) is 0 Å². The molecule has 120 valence electrons. The van der Waals surface area contributed by atoms with E-state index in [1.54, 1.807) is 0 Å². The van der Waals surface area contributed by atoms with Gasteiger partial charge in [-0.15, -0.1) is 0 Å². The second-order valence-electron chi connectivity index (χ2n) is 7.00. The average Bonchev–Trinajstić information content (AvgIpc) is 3.38. The number of likely N-dealkylation sites (N-methyl/N-ethyl adjacent to an activating group) is 1. The molecule has 0 aromatic heterocycles. The molecule has 2 atom stereocenters. The zero-order chi connectivity index (χ0) is 15.8. The molecule has 0 N–H and O–H groups in total. The van der Waals surface area contributed by atoms with E-state index >= 15 is 0 Å². The quantitative estimate of drug-likeness (QED) is 0.851. The Morgan fingerprint density at radius 2 is 1.83 bits per heavy atom. The average molecular weight is 308 g/mol. The second-order valence-corrected chi connectivity index (χ2v) is 7.00. The molecule has 3 nitrogen and oxygen atoms in total. The zero-order valence-electron chi connectivity index (χ0n) is 13.7. The number of hydrogen-bond acceptors (Lipinski definition) is 2. The minimum absolute atomic E-state index is 0.198. The number of rotatable bonds is 2. The minimum atomic E-state index is 0.198. The first-order valence-corrected chi connectivity index (χ1v) is 8.69. The number of nitrogens with zero attached hydrogens (tertiary/aromatic N) is 2. The number of amides is 1. The summed E-state index contributed by atoms with van der Waals surface area (Å²) in [6, 6.07) is 15.0. The van der Waals surface area contributed by atoms with Crippen molar-refractivity contribution < 1.29 is 4.79 Å². The van der Waals surface area contributed by atoms with Crippen LogP contribution in [0.25, 0.3) is 10.8 Å². The largest absolute Gasteiger partial charge is 0.341 e. The van der Waals surface area contributed by atoms with Crippen LogP contribution in [0.15, 0.2) is 42.5 Å². The molecule has 0 unspecified atom stereocenters. The predicted octanol–water partition coefficient (Wildman–Crippen LogP) is 3.11. The van der Waals surface area contributed by atoms with Crippen molar-refractivity contribution in [3.8, 4) is 0 Å². The van der Waals surface area contributed by atoms with Crippen molar-refractivity contribution in [2.45, 2.75) is 18.8 Å². The predicted molar refractivity (Wildman–Crippen MR) is 93.5 cm³/mol. The highest BCUT2D eigenvalue weighted by atomic mass is 16.2. The molecule has 23 heavy (non-hydrogen) atoms. The molecule has 0 bridgehead atoms. The Labute approximate surface area is 137 Å². The molecule has 1 saturated heterocycles. The lowest BCUT2D eigenvalue weighted by atomic mass is 10.00. The van der Waals surface area contributed by atoms with Gasteiger partial charge in [-0.1, -0.05) is 42.5 Å². The van der Waals surface area contributed by atoms with Gasteiger partial charge in [0.15, 0.2) is 0 Å². The van der Waals surface area contributed by atoms with Gasteiger partial charge in [-0.2, -0.15) is 0 Å². The second kappa shape index (κ2) is 5.97. The lowest BCUT2D eigenvalue weighted by Crippen LogP contribution is -2.35. The minimum Gasteiger partial charge on any atom is -0.341 e. The third-order valence-electron chi connectivity index (χ3n) is 5.36. The SMILES string of the molecule is CN1CCCN(C(=O)[C@@H]2C[C@H]2c2cccc3ccccc23)CC1. The molecule has 1 aliphatic heterocycles. The molecule has 2 aromatic rings. The molecular formula is C20H24N2O. The Balaban J connectivity index is 1.52. The van der Waals surface area contributed by atoms with E-state index in [1.807, 2.05) is 0 Å². The molecule has 1 aliphatic carbocycles. The number of fused-ring (bicyclic) bond motifs is 1. The molecule has 2 fully saturated rings. The lowest BCUT2D eigenvalue weighted by molar-refractivity contribution is -0.132. The Morgan fingerprint density at radius 1 is 1.00 bits per heavy atom. The summed E-state index contributed by atoms with van der Waals surface area (Å²) in [6.45, 7) is 3.90. The maximum absolute atomic E-state index is 12.8. The van der Waals surface area contributed by atoms with Gasteiger partial charge in [0.2, 0.25) is 5.91 Å². The van der Waals surface area contributed by atoms with E-state index in [-0.39, 0.29) is 5.92 Å². The van der Waals surface area contributed by atoms with Crippen molar-refractivity contribution in [1.82, 2.24) is 9.80 Å². The van der Waals surface area contributed by atoms with Crippen LogP contribution in [0.5, 0.6) is 0 Å².